The minimum absolute atomic E-state index is 0.0210. The van der Waals surface area contributed by atoms with E-state index in [0.29, 0.717) is 32.4 Å². The van der Waals surface area contributed by atoms with Crippen LogP contribution in [0.1, 0.15) is 26.7 Å². The number of urea groups is 1. The first-order valence-electron chi connectivity index (χ1n) is 8.35. The van der Waals surface area contributed by atoms with Crippen molar-refractivity contribution in [3.63, 3.8) is 0 Å². The first kappa shape index (κ1) is 18.0. The second-order valence-corrected chi connectivity index (χ2v) is 7.26. The highest BCUT2D eigenvalue weighted by Crippen LogP contribution is 2.33. The van der Waals surface area contributed by atoms with Crippen LogP contribution in [0.4, 0.5) is 4.79 Å². The van der Waals surface area contributed by atoms with E-state index in [1.54, 1.807) is 16.9 Å². The Hall–Kier alpha value is -1.34. The van der Waals surface area contributed by atoms with E-state index in [2.05, 4.69) is 31.1 Å². The Kier molecular flexibility index (Phi) is 5.86. The summed E-state index contributed by atoms with van der Waals surface area (Å²) in [6.45, 7) is 7.70. The third-order valence-corrected chi connectivity index (χ3v) is 5.09. The number of carbonyl (C=O) groups excluding carboxylic acids is 2. The number of hydrogen-bond acceptors (Lipinski definition) is 4. The van der Waals surface area contributed by atoms with Crippen LogP contribution in [0.25, 0.3) is 0 Å². The van der Waals surface area contributed by atoms with Gasteiger partial charge in [0.05, 0.1) is 13.3 Å². The molecule has 7 heteroatoms. The van der Waals surface area contributed by atoms with Gasteiger partial charge in [0.1, 0.15) is 6.54 Å². The fraction of sp³-hybridized carbons (Fsp3) is 0.875. The van der Waals surface area contributed by atoms with Crippen LogP contribution in [0.3, 0.4) is 0 Å². The number of amides is 3. The highest BCUT2D eigenvalue weighted by atomic mass is 16.5. The van der Waals surface area contributed by atoms with Gasteiger partial charge in [-0.05, 0) is 31.8 Å². The molecular formula is C16H30N4O3. The normalized spacial score (nSPS) is 25.0. The molecule has 0 spiro atoms. The van der Waals surface area contributed by atoms with Gasteiger partial charge in [0.15, 0.2) is 0 Å². The summed E-state index contributed by atoms with van der Waals surface area (Å²) in [4.78, 5) is 29.8. The zero-order valence-electron chi connectivity index (χ0n) is 14.8. The molecule has 2 heterocycles. The Morgan fingerprint density at radius 2 is 2.17 bits per heavy atom. The molecule has 2 rings (SSSR count). The molecule has 2 fully saturated rings. The molecular weight excluding hydrogens is 296 g/mol. The van der Waals surface area contributed by atoms with E-state index in [1.165, 1.54) is 12.8 Å². The van der Waals surface area contributed by atoms with Gasteiger partial charge in [0.2, 0.25) is 5.91 Å². The highest BCUT2D eigenvalue weighted by Gasteiger charge is 2.37. The van der Waals surface area contributed by atoms with Crippen LogP contribution in [0.5, 0.6) is 0 Å². The molecule has 7 nitrogen and oxygen atoms in total. The summed E-state index contributed by atoms with van der Waals surface area (Å²) < 4.78 is 4.99. The van der Waals surface area contributed by atoms with Gasteiger partial charge in [-0.2, -0.15) is 0 Å². The van der Waals surface area contributed by atoms with Crippen molar-refractivity contribution in [3.8, 4) is 0 Å². The number of likely N-dealkylation sites (tertiary alicyclic amines) is 1. The van der Waals surface area contributed by atoms with Crippen molar-refractivity contribution < 1.29 is 14.3 Å². The van der Waals surface area contributed by atoms with Gasteiger partial charge in [-0.25, -0.2) is 4.79 Å². The lowest BCUT2D eigenvalue weighted by Gasteiger charge is -2.45. The zero-order chi connectivity index (χ0) is 17.0. The molecule has 0 aromatic carbocycles. The summed E-state index contributed by atoms with van der Waals surface area (Å²) in [5, 5.41) is 3.01. The summed E-state index contributed by atoms with van der Waals surface area (Å²) in [6, 6.07) is 0.163. The molecule has 2 saturated heterocycles. The highest BCUT2D eigenvalue weighted by molar-refractivity contribution is 5.87. The van der Waals surface area contributed by atoms with Gasteiger partial charge in [-0.1, -0.05) is 13.8 Å². The number of likely N-dealkylation sites (N-methyl/N-ethyl adjacent to an activating group) is 1. The molecule has 1 N–H and O–H groups in total. The van der Waals surface area contributed by atoms with Crippen LogP contribution >= 0.6 is 0 Å². The van der Waals surface area contributed by atoms with Gasteiger partial charge >= 0.3 is 6.03 Å². The van der Waals surface area contributed by atoms with E-state index in [1.807, 2.05) is 0 Å². The molecule has 0 aliphatic carbocycles. The lowest BCUT2D eigenvalue weighted by Crippen LogP contribution is -2.54. The Bertz CT molecular complexity index is 441. The average molecular weight is 326 g/mol. The number of rotatable bonds is 5. The minimum Gasteiger partial charge on any atom is -0.383 e. The van der Waals surface area contributed by atoms with E-state index in [-0.39, 0.29) is 23.9 Å². The molecule has 0 radical (unpaired) electrons. The van der Waals surface area contributed by atoms with Crippen molar-refractivity contribution in [1.29, 1.82) is 0 Å². The third-order valence-electron chi connectivity index (χ3n) is 5.09. The third kappa shape index (κ3) is 4.35. The molecule has 2 aliphatic heterocycles. The molecule has 132 valence electrons. The number of hydrogen-bond donors (Lipinski definition) is 1. The van der Waals surface area contributed by atoms with Gasteiger partial charge in [-0.3, -0.25) is 9.69 Å². The number of carbonyl (C=O) groups is 2. The van der Waals surface area contributed by atoms with E-state index in [4.69, 9.17) is 4.74 Å². The molecule has 23 heavy (non-hydrogen) atoms. The quantitative estimate of drug-likeness (QED) is 0.802. The summed E-state index contributed by atoms with van der Waals surface area (Å²) in [5.74, 6) is -0.0210. The van der Waals surface area contributed by atoms with Crippen LogP contribution < -0.4 is 5.32 Å². The van der Waals surface area contributed by atoms with Crippen molar-refractivity contribution in [3.05, 3.63) is 0 Å². The lowest BCUT2D eigenvalue weighted by molar-refractivity contribution is -0.127. The lowest BCUT2D eigenvalue weighted by atomic mass is 9.76. The van der Waals surface area contributed by atoms with Gasteiger partial charge < -0.3 is 19.9 Å². The fourth-order valence-corrected chi connectivity index (χ4v) is 3.56. The number of piperidine rings is 1. The maximum Gasteiger partial charge on any atom is 0.319 e. The minimum atomic E-state index is -0.159. The van der Waals surface area contributed by atoms with E-state index < -0.39 is 0 Å². The Morgan fingerprint density at radius 3 is 2.83 bits per heavy atom. The summed E-state index contributed by atoms with van der Waals surface area (Å²) in [6.07, 6.45) is 2.37. The van der Waals surface area contributed by atoms with Gasteiger partial charge in [0, 0.05) is 26.2 Å². The summed E-state index contributed by atoms with van der Waals surface area (Å²) >= 11 is 0. The molecule has 0 saturated carbocycles. The number of nitrogens with one attached hydrogen (secondary N) is 1. The van der Waals surface area contributed by atoms with E-state index in [9.17, 15) is 9.59 Å². The number of methoxy groups -OCH3 is 1. The topological polar surface area (TPSA) is 65.1 Å². The molecule has 0 bridgehead atoms. The van der Waals surface area contributed by atoms with E-state index in [0.717, 1.165) is 6.54 Å². The Labute approximate surface area is 138 Å². The summed E-state index contributed by atoms with van der Waals surface area (Å²) in [7, 11) is 3.72. The average Bonchev–Trinajstić information content (AvgIpc) is 2.85. The molecule has 0 aromatic heterocycles. The first-order valence-corrected chi connectivity index (χ1v) is 8.35. The van der Waals surface area contributed by atoms with E-state index >= 15 is 0 Å². The monoisotopic (exact) mass is 326 g/mol. The molecule has 0 aromatic rings. The zero-order valence-corrected chi connectivity index (χ0v) is 14.8. The molecule has 3 amide bonds. The number of nitrogens with zero attached hydrogens (tertiary/aromatic N) is 3. The second kappa shape index (κ2) is 7.49. The second-order valence-electron chi connectivity index (χ2n) is 7.26. The summed E-state index contributed by atoms with van der Waals surface area (Å²) in [5.41, 5.74) is 0.186. The van der Waals surface area contributed by atoms with Crippen molar-refractivity contribution in [2.24, 2.45) is 5.41 Å². The molecule has 0 unspecified atom stereocenters. The molecule has 2 aliphatic rings. The maximum atomic E-state index is 12.4. The van der Waals surface area contributed by atoms with Gasteiger partial charge in [0.25, 0.3) is 0 Å². The SMILES string of the molecule is COCCN1CN(C(=O)NC[C@H]2N(C)CCCC2(C)C)CC1=O. The maximum absolute atomic E-state index is 12.4. The largest absolute Gasteiger partial charge is 0.383 e. The van der Waals surface area contributed by atoms with Crippen LogP contribution in [-0.2, 0) is 9.53 Å². The van der Waals surface area contributed by atoms with Gasteiger partial charge in [-0.15, -0.1) is 0 Å². The van der Waals surface area contributed by atoms with Crippen molar-refractivity contribution in [2.45, 2.75) is 32.7 Å². The fourth-order valence-electron chi connectivity index (χ4n) is 3.56. The Balaban J connectivity index is 1.84. The standard InChI is InChI=1S/C16H30N4O3/c1-16(2)6-5-7-18(3)13(16)10-17-15(22)20-11-14(21)19(12-20)8-9-23-4/h13H,5-12H2,1-4H3,(H,17,22)/t13-/m1/s1. The predicted octanol–water partition coefficient (Wildman–Crippen LogP) is 0.565. The predicted molar refractivity (Wildman–Crippen MR) is 88.0 cm³/mol. The Morgan fingerprint density at radius 1 is 1.43 bits per heavy atom. The number of ether oxygens (including phenoxy) is 1. The first-order chi connectivity index (χ1) is 10.8. The smallest absolute Gasteiger partial charge is 0.319 e. The van der Waals surface area contributed by atoms with Crippen LogP contribution in [0.15, 0.2) is 0 Å². The van der Waals surface area contributed by atoms with Crippen LogP contribution in [-0.4, -0.2) is 86.3 Å². The van der Waals surface area contributed by atoms with Crippen LogP contribution in [0.2, 0.25) is 0 Å². The van der Waals surface area contributed by atoms with Crippen molar-refractivity contribution >= 4 is 11.9 Å². The van der Waals surface area contributed by atoms with Crippen molar-refractivity contribution in [2.75, 3.05) is 53.6 Å². The van der Waals surface area contributed by atoms with Crippen LogP contribution in [0, 0.1) is 5.41 Å². The molecule has 1 atom stereocenters. The van der Waals surface area contributed by atoms with Crippen molar-refractivity contribution in [1.82, 2.24) is 20.0 Å².